The Kier molecular flexibility index (Phi) is 6.36. The zero-order valence-electron chi connectivity index (χ0n) is 15.5. The summed E-state index contributed by atoms with van der Waals surface area (Å²) < 4.78 is 5.62. The Bertz CT molecular complexity index is 941. The van der Waals surface area contributed by atoms with E-state index in [1.807, 2.05) is 37.3 Å². The molecule has 0 aliphatic rings. The number of carbonyl (C=O) groups excluding carboxylic acids is 2. The molecule has 1 heterocycles. The molecular formula is C22H21N3O3. The SMILES string of the molecule is CCCNC(=O)c1cccc(NC(=O)c2ccc(Oc3ccccc3)nc2)c1. The van der Waals surface area contributed by atoms with Crippen LogP contribution < -0.4 is 15.4 Å². The van der Waals surface area contributed by atoms with Crippen molar-refractivity contribution in [2.75, 3.05) is 11.9 Å². The number of amides is 2. The van der Waals surface area contributed by atoms with Gasteiger partial charge in [0.15, 0.2) is 0 Å². The standard InChI is InChI=1S/C22H21N3O3/c1-2-13-23-21(26)16-7-6-8-18(14-16)25-22(27)17-11-12-20(24-15-17)28-19-9-4-3-5-10-19/h3-12,14-15H,2,13H2,1H3,(H,23,26)(H,25,27). The van der Waals surface area contributed by atoms with Gasteiger partial charge >= 0.3 is 0 Å². The molecule has 1 aromatic heterocycles. The van der Waals surface area contributed by atoms with Gasteiger partial charge in [0.2, 0.25) is 5.88 Å². The van der Waals surface area contributed by atoms with Crippen LogP contribution in [0.15, 0.2) is 72.9 Å². The van der Waals surface area contributed by atoms with Gasteiger partial charge in [0.05, 0.1) is 5.56 Å². The second-order valence-corrected chi connectivity index (χ2v) is 6.09. The minimum Gasteiger partial charge on any atom is -0.439 e. The number of nitrogens with zero attached hydrogens (tertiary/aromatic N) is 1. The van der Waals surface area contributed by atoms with Gasteiger partial charge in [-0.2, -0.15) is 0 Å². The highest BCUT2D eigenvalue weighted by Crippen LogP contribution is 2.19. The largest absolute Gasteiger partial charge is 0.439 e. The molecule has 3 rings (SSSR count). The Morgan fingerprint density at radius 3 is 2.46 bits per heavy atom. The molecule has 0 bridgehead atoms. The quantitative estimate of drug-likeness (QED) is 0.646. The molecule has 2 amide bonds. The number of ether oxygens (including phenoxy) is 1. The lowest BCUT2D eigenvalue weighted by atomic mass is 10.1. The van der Waals surface area contributed by atoms with E-state index in [1.54, 1.807) is 36.4 Å². The van der Waals surface area contributed by atoms with Crippen molar-refractivity contribution in [1.82, 2.24) is 10.3 Å². The number of aromatic nitrogens is 1. The summed E-state index contributed by atoms with van der Waals surface area (Å²) in [6, 6.07) is 19.4. The van der Waals surface area contributed by atoms with Crippen LogP contribution in [0.2, 0.25) is 0 Å². The Morgan fingerprint density at radius 1 is 0.929 bits per heavy atom. The molecule has 0 aliphatic carbocycles. The summed E-state index contributed by atoms with van der Waals surface area (Å²) in [7, 11) is 0. The van der Waals surface area contributed by atoms with Crippen molar-refractivity contribution in [3.05, 3.63) is 84.1 Å². The van der Waals surface area contributed by atoms with Crippen LogP contribution in [-0.4, -0.2) is 23.3 Å². The number of rotatable bonds is 7. The number of anilines is 1. The van der Waals surface area contributed by atoms with Gasteiger partial charge in [-0.25, -0.2) is 4.98 Å². The summed E-state index contributed by atoms with van der Waals surface area (Å²) in [6.45, 7) is 2.60. The molecule has 0 radical (unpaired) electrons. The van der Waals surface area contributed by atoms with Crippen molar-refractivity contribution in [2.45, 2.75) is 13.3 Å². The fraction of sp³-hybridized carbons (Fsp3) is 0.136. The van der Waals surface area contributed by atoms with E-state index in [4.69, 9.17) is 4.74 Å². The van der Waals surface area contributed by atoms with Crippen molar-refractivity contribution in [1.29, 1.82) is 0 Å². The van der Waals surface area contributed by atoms with Crippen molar-refractivity contribution in [2.24, 2.45) is 0 Å². The van der Waals surface area contributed by atoms with Gasteiger partial charge in [-0.15, -0.1) is 0 Å². The van der Waals surface area contributed by atoms with Gasteiger partial charge < -0.3 is 15.4 Å². The van der Waals surface area contributed by atoms with E-state index >= 15 is 0 Å². The first kappa shape index (κ1) is 19.1. The Balaban J connectivity index is 1.64. The molecular weight excluding hydrogens is 354 g/mol. The number of hydrogen-bond donors (Lipinski definition) is 2. The lowest BCUT2D eigenvalue weighted by molar-refractivity contribution is 0.0952. The molecule has 6 nitrogen and oxygen atoms in total. The number of benzene rings is 2. The normalized spacial score (nSPS) is 10.2. The third-order valence-corrected chi connectivity index (χ3v) is 3.88. The minimum atomic E-state index is -0.315. The predicted molar refractivity (Wildman–Crippen MR) is 108 cm³/mol. The van der Waals surface area contributed by atoms with Crippen LogP contribution in [0.4, 0.5) is 5.69 Å². The zero-order valence-corrected chi connectivity index (χ0v) is 15.5. The van der Waals surface area contributed by atoms with E-state index in [0.29, 0.717) is 35.0 Å². The summed E-state index contributed by atoms with van der Waals surface area (Å²) in [5.74, 6) is 0.592. The molecule has 142 valence electrons. The number of pyridine rings is 1. The summed E-state index contributed by atoms with van der Waals surface area (Å²) in [5, 5.41) is 5.59. The molecule has 28 heavy (non-hydrogen) atoms. The van der Waals surface area contributed by atoms with Gasteiger partial charge in [-0.1, -0.05) is 31.2 Å². The molecule has 0 atom stereocenters. The Labute approximate surface area is 163 Å². The van der Waals surface area contributed by atoms with E-state index in [-0.39, 0.29) is 11.8 Å². The van der Waals surface area contributed by atoms with Crippen LogP contribution in [-0.2, 0) is 0 Å². The van der Waals surface area contributed by atoms with Gasteiger partial charge in [0.1, 0.15) is 5.75 Å². The molecule has 2 N–H and O–H groups in total. The zero-order chi connectivity index (χ0) is 19.8. The highest BCUT2D eigenvalue weighted by atomic mass is 16.5. The summed E-state index contributed by atoms with van der Waals surface area (Å²) >= 11 is 0. The van der Waals surface area contributed by atoms with Crippen molar-refractivity contribution >= 4 is 17.5 Å². The smallest absolute Gasteiger partial charge is 0.257 e. The molecule has 0 saturated heterocycles. The predicted octanol–water partition coefficient (Wildman–Crippen LogP) is 4.27. The lowest BCUT2D eigenvalue weighted by Crippen LogP contribution is -2.24. The molecule has 0 spiro atoms. The van der Waals surface area contributed by atoms with Gasteiger partial charge in [-0.3, -0.25) is 9.59 Å². The third kappa shape index (κ3) is 5.17. The molecule has 0 unspecified atom stereocenters. The highest BCUT2D eigenvalue weighted by Gasteiger charge is 2.10. The van der Waals surface area contributed by atoms with Gasteiger partial charge in [0.25, 0.3) is 11.8 Å². The molecule has 0 fully saturated rings. The molecule has 3 aromatic rings. The first-order chi connectivity index (χ1) is 13.7. The maximum absolute atomic E-state index is 12.4. The maximum atomic E-state index is 12.4. The fourth-order valence-corrected chi connectivity index (χ4v) is 2.47. The van der Waals surface area contributed by atoms with E-state index in [2.05, 4.69) is 15.6 Å². The first-order valence-electron chi connectivity index (χ1n) is 9.04. The van der Waals surface area contributed by atoms with Gasteiger partial charge in [-0.05, 0) is 42.8 Å². The number of carbonyl (C=O) groups is 2. The van der Waals surface area contributed by atoms with E-state index in [1.165, 1.54) is 6.20 Å². The van der Waals surface area contributed by atoms with Crippen LogP contribution >= 0.6 is 0 Å². The van der Waals surface area contributed by atoms with Crippen LogP contribution in [0.1, 0.15) is 34.1 Å². The van der Waals surface area contributed by atoms with Crippen LogP contribution in [0.3, 0.4) is 0 Å². The van der Waals surface area contributed by atoms with Crippen LogP contribution in [0, 0.1) is 0 Å². The molecule has 2 aromatic carbocycles. The van der Waals surface area contributed by atoms with Gasteiger partial charge in [0, 0.05) is 30.1 Å². The second kappa shape index (κ2) is 9.32. The summed E-state index contributed by atoms with van der Waals surface area (Å²) in [5.41, 5.74) is 1.43. The maximum Gasteiger partial charge on any atom is 0.257 e. The molecule has 6 heteroatoms. The van der Waals surface area contributed by atoms with Crippen LogP contribution in [0.25, 0.3) is 0 Å². The Morgan fingerprint density at radius 2 is 1.75 bits per heavy atom. The topological polar surface area (TPSA) is 80.3 Å². The average molecular weight is 375 g/mol. The fourth-order valence-electron chi connectivity index (χ4n) is 2.47. The number of hydrogen-bond acceptors (Lipinski definition) is 4. The van der Waals surface area contributed by atoms with Crippen LogP contribution in [0.5, 0.6) is 11.6 Å². The lowest BCUT2D eigenvalue weighted by Gasteiger charge is -2.09. The molecule has 0 aliphatic heterocycles. The second-order valence-electron chi connectivity index (χ2n) is 6.09. The summed E-state index contributed by atoms with van der Waals surface area (Å²) in [4.78, 5) is 28.7. The van der Waals surface area contributed by atoms with E-state index < -0.39 is 0 Å². The third-order valence-electron chi connectivity index (χ3n) is 3.88. The Hall–Kier alpha value is -3.67. The van der Waals surface area contributed by atoms with E-state index in [0.717, 1.165) is 6.42 Å². The number of para-hydroxylation sites is 1. The average Bonchev–Trinajstić information content (AvgIpc) is 2.73. The minimum absolute atomic E-state index is 0.165. The monoisotopic (exact) mass is 375 g/mol. The van der Waals surface area contributed by atoms with Crippen molar-refractivity contribution in [3.63, 3.8) is 0 Å². The first-order valence-corrected chi connectivity index (χ1v) is 9.04. The van der Waals surface area contributed by atoms with Crippen molar-refractivity contribution < 1.29 is 14.3 Å². The highest BCUT2D eigenvalue weighted by molar-refractivity contribution is 6.05. The van der Waals surface area contributed by atoms with E-state index in [9.17, 15) is 9.59 Å². The summed E-state index contributed by atoms with van der Waals surface area (Å²) in [6.07, 6.45) is 2.31. The molecule has 0 saturated carbocycles. The van der Waals surface area contributed by atoms with Crippen molar-refractivity contribution in [3.8, 4) is 11.6 Å². The number of nitrogens with one attached hydrogen (secondary N) is 2.